The second-order valence-electron chi connectivity index (χ2n) is 5.11. The van der Waals surface area contributed by atoms with Crippen LogP contribution < -0.4 is 11.1 Å². The van der Waals surface area contributed by atoms with E-state index in [0.29, 0.717) is 6.54 Å². The lowest BCUT2D eigenvalue weighted by Crippen LogP contribution is -2.55. The Balaban J connectivity index is 2.58. The summed E-state index contributed by atoms with van der Waals surface area (Å²) in [4.78, 5) is 35.4. The van der Waals surface area contributed by atoms with Crippen molar-refractivity contribution in [2.45, 2.75) is 32.4 Å². The maximum atomic E-state index is 12.1. The van der Waals surface area contributed by atoms with Gasteiger partial charge in [0.25, 0.3) is 0 Å². The highest BCUT2D eigenvalue weighted by atomic mass is 16.5. The van der Waals surface area contributed by atoms with Crippen LogP contribution in [0, 0.1) is 5.92 Å². The summed E-state index contributed by atoms with van der Waals surface area (Å²) < 4.78 is 5.27. The number of morpholine rings is 1. The number of primary amides is 1. The van der Waals surface area contributed by atoms with Gasteiger partial charge in [0.15, 0.2) is 0 Å². The minimum absolute atomic E-state index is 0.118. The lowest BCUT2D eigenvalue weighted by Gasteiger charge is -2.33. The summed E-state index contributed by atoms with van der Waals surface area (Å²) in [7, 11) is 0. The van der Waals surface area contributed by atoms with Crippen LogP contribution in [0.4, 0.5) is 4.79 Å². The number of nitrogens with one attached hydrogen (secondary N) is 1. The van der Waals surface area contributed by atoms with Crippen LogP contribution in [0.1, 0.15) is 20.3 Å². The SMILES string of the molecule is CC(C)C(NC(=O)N1CCOC(CC(=O)O)C1)C(N)=O. The Bertz CT molecular complexity index is 385. The Hall–Kier alpha value is -1.83. The second-order valence-corrected chi connectivity index (χ2v) is 5.11. The highest BCUT2D eigenvalue weighted by Crippen LogP contribution is 2.10. The summed E-state index contributed by atoms with van der Waals surface area (Å²) in [6.07, 6.45) is -0.689. The third-order valence-corrected chi connectivity index (χ3v) is 3.08. The zero-order valence-corrected chi connectivity index (χ0v) is 11.7. The van der Waals surface area contributed by atoms with Crippen molar-refractivity contribution < 1.29 is 24.2 Å². The lowest BCUT2D eigenvalue weighted by molar-refractivity contribution is -0.141. The lowest BCUT2D eigenvalue weighted by atomic mass is 10.0. The predicted octanol–water partition coefficient (Wildman–Crippen LogP) is -0.619. The van der Waals surface area contributed by atoms with Crippen LogP contribution in [-0.2, 0) is 14.3 Å². The quantitative estimate of drug-likeness (QED) is 0.622. The molecule has 1 heterocycles. The van der Waals surface area contributed by atoms with Gasteiger partial charge in [-0.25, -0.2) is 4.79 Å². The van der Waals surface area contributed by atoms with Crippen molar-refractivity contribution in [3.8, 4) is 0 Å². The van der Waals surface area contributed by atoms with Crippen molar-refractivity contribution >= 4 is 17.9 Å². The number of hydrogen-bond donors (Lipinski definition) is 3. The molecule has 0 saturated carbocycles. The van der Waals surface area contributed by atoms with Gasteiger partial charge in [0.2, 0.25) is 5.91 Å². The van der Waals surface area contributed by atoms with E-state index in [2.05, 4.69) is 5.32 Å². The van der Waals surface area contributed by atoms with Gasteiger partial charge in [-0.1, -0.05) is 13.8 Å². The summed E-state index contributed by atoms with van der Waals surface area (Å²) in [6, 6.07) is -1.18. The summed E-state index contributed by atoms with van der Waals surface area (Å²) in [5.74, 6) is -1.69. The molecule has 2 atom stereocenters. The molecule has 0 aliphatic carbocycles. The molecule has 2 unspecified atom stereocenters. The average Bonchev–Trinajstić information content (AvgIpc) is 2.34. The fraction of sp³-hybridized carbons (Fsp3) is 0.750. The van der Waals surface area contributed by atoms with Gasteiger partial charge in [-0.05, 0) is 5.92 Å². The molecular weight excluding hydrogens is 266 g/mol. The first-order chi connectivity index (χ1) is 9.31. The number of rotatable bonds is 5. The average molecular weight is 287 g/mol. The van der Waals surface area contributed by atoms with E-state index in [1.54, 1.807) is 13.8 Å². The molecular formula is C12H21N3O5. The molecule has 1 saturated heterocycles. The number of hydrogen-bond acceptors (Lipinski definition) is 4. The molecule has 0 spiro atoms. The van der Waals surface area contributed by atoms with Crippen LogP contribution in [0.2, 0.25) is 0 Å². The van der Waals surface area contributed by atoms with Gasteiger partial charge in [0, 0.05) is 13.1 Å². The highest BCUT2D eigenvalue weighted by molar-refractivity contribution is 5.86. The summed E-state index contributed by atoms with van der Waals surface area (Å²) in [5, 5.41) is 11.3. The molecule has 8 heteroatoms. The molecule has 0 bridgehead atoms. The van der Waals surface area contributed by atoms with Gasteiger partial charge in [-0.3, -0.25) is 9.59 Å². The molecule has 114 valence electrons. The van der Waals surface area contributed by atoms with Crippen LogP contribution in [-0.4, -0.2) is 59.8 Å². The van der Waals surface area contributed by atoms with Crippen LogP contribution >= 0.6 is 0 Å². The van der Waals surface area contributed by atoms with Crippen molar-refractivity contribution in [3.63, 3.8) is 0 Å². The van der Waals surface area contributed by atoms with Gasteiger partial charge in [0.05, 0.1) is 19.1 Å². The standard InChI is InChI=1S/C12H21N3O5/c1-7(2)10(11(13)18)14-12(19)15-3-4-20-8(6-15)5-9(16)17/h7-8,10H,3-6H2,1-2H3,(H2,13,18)(H,14,19)(H,16,17). The number of urea groups is 1. The van der Waals surface area contributed by atoms with Crippen LogP contribution in [0.5, 0.6) is 0 Å². The van der Waals surface area contributed by atoms with Crippen LogP contribution in [0.3, 0.4) is 0 Å². The van der Waals surface area contributed by atoms with E-state index in [-0.39, 0.29) is 25.5 Å². The molecule has 0 aromatic carbocycles. The predicted molar refractivity (Wildman–Crippen MR) is 69.9 cm³/mol. The van der Waals surface area contributed by atoms with Gasteiger partial charge in [0.1, 0.15) is 6.04 Å². The van der Waals surface area contributed by atoms with E-state index in [1.165, 1.54) is 4.90 Å². The van der Waals surface area contributed by atoms with Gasteiger partial charge in [-0.2, -0.15) is 0 Å². The fourth-order valence-electron chi connectivity index (χ4n) is 2.01. The first kappa shape index (κ1) is 16.2. The van der Waals surface area contributed by atoms with Crippen LogP contribution in [0.15, 0.2) is 0 Å². The van der Waals surface area contributed by atoms with E-state index < -0.39 is 30.1 Å². The third-order valence-electron chi connectivity index (χ3n) is 3.08. The number of ether oxygens (including phenoxy) is 1. The Kier molecular flexibility index (Phi) is 5.75. The molecule has 4 N–H and O–H groups in total. The maximum Gasteiger partial charge on any atom is 0.318 e. The van der Waals surface area contributed by atoms with Crippen LogP contribution in [0.25, 0.3) is 0 Å². The number of aliphatic carboxylic acids is 1. The Morgan fingerprint density at radius 2 is 2.10 bits per heavy atom. The molecule has 0 aromatic rings. The van der Waals surface area contributed by atoms with E-state index >= 15 is 0 Å². The third kappa shape index (κ3) is 4.69. The zero-order chi connectivity index (χ0) is 15.3. The van der Waals surface area contributed by atoms with E-state index in [1.807, 2.05) is 0 Å². The van der Waals surface area contributed by atoms with Gasteiger partial charge >= 0.3 is 12.0 Å². The first-order valence-corrected chi connectivity index (χ1v) is 6.49. The number of nitrogens with two attached hydrogens (primary N) is 1. The van der Waals surface area contributed by atoms with Gasteiger partial charge in [-0.15, -0.1) is 0 Å². The molecule has 3 amide bonds. The summed E-state index contributed by atoms with van der Waals surface area (Å²) in [6.45, 7) is 4.37. The van der Waals surface area contributed by atoms with Gasteiger partial charge < -0.3 is 25.8 Å². The molecule has 8 nitrogen and oxygen atoms in total. The Labute approximate surface area is 117 Å². The van der Waals surface area contributed by atoms with Crippen molar-refractivity contribution in [3.05, 3.63) is 0 Å². The van der Waals surface area contributed by atoms with E-state index in [0.717, 1.165) is 0 Å². The number of carboxylic acid groups (broad SMARTS) is 1. The molecule has 1 aliphatic rings. The van der Waals surface area contributed by atoms with Crippen molar-refractivity contribution in [2.75, 3.05) is 19.7 Å². The smallest absolute Gasteiger partial charge is 0.318 e. The van der Waals surface area contributed by atoms with Crippen molar-refractivity contribution in [2.24, 2.45) is 11.7 Å². The highest BCUT2D eigenvalue weighted by Gasteiger charge is 2.29. The largest absolute Gasteiger partial charge is 0.481 e. The topological polar surface area (TPSA) is 122 Å². The molecule has 0 aromatic heterocycles. The molecule has 0 radical (unpaired) electrons. The molecule has 1 fully saturated rings. The Morgan fingerprint density at radius 3 is 2.60 bits per heavy atom. The first-order valence-electron chi connectivity index (χ1n) is 6.49. The fourth-order valence-corrected chi connectivity index (χ4v) is 2.01. The minimum Gasteiger partial charge on any atom is -0.481 e. The number of carbonyl (C=O) groups excluding carboxylic acids is 2. The Morgan fingerprint density at radius 1 is 1.45 bits per heavy atom. The molecule has 20 heavy (non-hydrogen) atoms. The van der Waals surface area contributed by atoms with E-state index in [4.69, 9.17) is 15.6 Å². The normalized spacial score (nSPS) is 20.6. The maximum absolute atomic E-state index is 12.1. The van der Waals surface area contributed by atoms with E-state index in [9.17, 15) is 14.4 Å². The van der Waals surface area contributed by atoms with Crippen molar-refractivity contribution in [1.29, 1.82) is 0 Å². The second kappa shape index (κ2) is 7.09. The molecule has 1 aliphatic heterocycles. The number of carboxylic acids is 1. The summed E-state index contributed by atoms with van der Waals surface area (Å²) >= 11 is 0. The van der Waals surface area contributed by atoms with Crippen molar-refractivity contribution in [1.82, 2.24) is 10.2 Å². The monoisotopic (exact) mass is 287 g/mol. The number of carbonyl (C=O) groups is 3. The minimum atomic E-state index is -0.977. The molecule has 1 rings (SSSR count). The number of amides is 3. The zero-order valence-electron chi connectivity index (χ0n) is 11.7. The summed E-state index contributed by atoms with van der Waals surface area (Å²) in [5.41, 5.74) is 5.23. The number of nitrogens with zero attached hydrogens (tertiary/aromatic N) is 1.